The average molecular weight is 411 g/mol. The van der Waals surface area contributed by atoms with Crippen LogP contribution in [0.4, 0.5) is 11.4 Å². The van der Waals surface area contributed by atoms with Gasteiger partial charge in [0.2, 0.25) is 0 Å². The molecule has 0 saturated carbocycles. The maximum absolute atomic E-state index is 5.48. The number of rotatable bonds is 4. The highest BCUT2D eigenvalue weighted by Crippen LogP contribution is 2.33. The van der Waals surface area contributed by atoms with Gasteiger partial charge < -0.3 is 10.1 Å². The fraction of sp³-hybridized carbons (Fsp3) is 0.0500. The summed E-state index contributed by atoms with van der Waals surface area (Å²) in [6.45, 7) is 0. The van der Waals surface area contributed by atoms with Crippen molar-refractivity contribution in [3.8, 4) is 16.9 Å². The topological polar surface area (TPSA) is 34.1 Å². The normalized spacial score (nSPS) is 10.8. The van der Waals surface area contributed by atoms with Crippen LogP contribution in [0, 0.1) is 0 Å². The maximum atomic E-state index is 5.48. The van der Waals surface area contributed by atoms with E-state index in [1.165, 1.54) is 5.56 Å². The lowest BCUT2D eigenvalue weighted by atomic mass is 10.1. The number of ether oxygens (including phenoxy) is 1. The number of fused-ring (bicyclic) bond motifs is 1. The highest BCUT2D eigenvalue weighted by atomic mass is 79.9. The molecule has 0 spiro atoms. The number of halogens is 1. The summed E-state index contributed by atoms with van der Waals surface area (Å²) < 4.78 is 6.51. The van der Waals surface area contributed by atoms with Gasteiger partial charge in [0.25, 0.3) is 0 Å². The Hall–Kier alpha value is -2.37. The molecule has 2 heterocycles. The van der Waals surface area contributed by atoms with E-state index in [2.05, 4.69) is 61.3 Å². The number of methoxy groups -OCH3 is 1. The van der Waals surface area contributed by atoms with E-state index in [1.54, 1.807) is 18.4 Å². The largest absolute Gasteiger partial charge is 0.497 e. The van der Waals surface area contributed by atoms with E-state index in [-0.39, 0.29) is 0 Å². The standard InChI is InChI=1S/C20H15BrN2OS/c1-24-17-9-14(13-5-7-25-12-13)8-16(11-17)23-20-4-6-22-19-3-2-15(21)10-18(19)20/h2-12H,1H3,(H,22,23). The van der Waals surface area contributed by atoms with Crippen LogP contribution in [0.3, 0.4) is 0 Å². The molecule has 0 bridgehead atoms. The fourth-order valence-corrected chi connectivity index (χ4v) is 3.79. The van der Waals surface area contributed by atoms with Crippen molar-refractivity contribution in [2.45, 2.75) is 0 Å². The molecule has 0 fully saturated rings. The Kier molecular flexibility index (Phi) is 4.42. The van der Waals surface area contributed by atoms with Crippen molar-refractivity contribution < 1.29 is 4.74 Å². The van der Waals surface area contributed by atoms with Gasteiger partial charge in [0.15, 0.2) is 0 Å². The molecule has 1 N–H and O–H groups in total. The number of pyridine rings is 1. The van der Waals surface area contributed by atoms with E-state index in [9.17, 15) is 0 Å². The highest BCUT2D eigenvalue weighted by Gasteiger charge is 2.07. The van der Waals surface area contributed by atoms with E-state index in [0.717, 1.165) is 38.1 Å². The molecule has 124 valence electrons. The van der Waals surface area contributed by atoms with Crippen molar-refractivity contribution in [3.05, 3.63) is 70.0 Å². The van der Waals surface area contributed by atoms with Crippen molar-refractivity contribution in [1.29, 1.82) is 0 Å². The van der Waals surface area contributed by atoms with Crippen molar-refractivity contribution >= 4 is 49.5 Å². The molecule has 0 aliphatic rings. The van der Waals surface area contributed by atoms with Crippen molar-refractivity contribution in [2.24, 2.45) is 0 Å². The predicted octanol–water partition coefficient (Wildman–Crippen LogP) is 6.48. The number of nitrogens with zero attached hydrogens (tertiary/aromatic N) is 1. The second-order valence-electron chi connectivity index (χ2n) is 5.61. The summed E-state index contributed by atoms with van der Waals surface area (Å²) in [7, 11) is 1.69. The summed E-state index contributed by atoms with van der Waals surface area (Å²) in [5, 5.41) is 8.80. The molecular weight excluding hydrogens is 396 g/mol. The molecule has 0 radical (unpaired) electrons. The molecule has 2 aromatic heterocycles. The summed E-state index contributed by atoms with van der Waals surface area (Å²) in [4.78, 5) is 4.43. The van der Waals surface area contributed by atoms with Gasteiger partial charge in [0.1, 0.15) is 5.75 Å². The van der Waals surface area contributed by atoms with Crippen LogP contribution in [0.2, 0.25) is 0 Å². The van der Waals surface area contributed by atoms with Gasteiger partial charge in [0, 0.05) is 33.5 Å². The zero-order valence-corrected chi connectivity index (χ0v) is 15.9. The minimum absolute atomic E-state index is 0.825. The molecule has 2 aromatic carbocycles. The number of aromatic nitrogens is 1. The molecule has 0 amide bonds. The van der Waals surface area contributed by atoms with Gasteiger partial charge in [-0.3, -0.25) is 4.98 Å². The van der Waals surface area contributed by atoms with Crippen LogP contribution in [0.1, 0.15) is 0 Å². The fourth-order valence-electron chi connectivity index (χ4n) is 2.77. The lowest BCUT2D eigenvalue weighted by Gasteiger charge is -2.13. The molecule has 5 heteroatoms. The van der Waals surface area contributed by atoms with Crippen LogP contribution in [0.25, 0.3) is 22.0 Å². The summed E-state index contributed by atoms with van der Waals surface area (Å²) in [5.74, 6) is 0.825. The predicted molar refractivity (Wildman–Crippen MR) is 109 cm³/mol. The third kappa shape index (κ3) is 3.38. The Labute approximate surface area is 158 Å². The molecule has 0 aliphatic heterocycles. The lowest BCUT2D eigenvalue weighted by Crippen LogP contribution is -1.94. The van der Waals surface area contributed by atoms with Gasteiger partial charge in [-0.05, 0) is 64.4 Å². The van der Waals surface area contributed by atoms with Crippen LogP contribution < -0.4 is 10.1 Å². The molecule has 0 atom stereocenters. The van der Waals surface area contributed by atoms with Crippen molar-refractivity contribution in [1.82, 2.24) is 4.98 Å². The van der Waals surface area contributed by atoms with E-state index in [0.29, 0.717) is 0 Å². The summed E-state index contributed by atoms with van der Waals surface area (Å²) in [5.41, 5.74) is 5.26. The molecular formula is C20H15BrN2OS. The number of hydrogen-bond acceptors (Lipinski definition) is 4. The first-order valence-electron chi connectivity index (χ1n) is 7.76. The Morgan fingerprint density at radius 3 is 2.76 bits per heavy atom. The Balaban J connectivity index is 1.78. The lowest BCUT2D eigenvalue weighted by molar-refractivity contribution is 0.415. The smallest absolute Gasteiger partial charge is 0.121 e. The summed E-state index contributed by atoms with van der Waals surface area (Å²) in [6.07, 6.45) is 1.82. The Bertz CT molecular complexity index is 1030. The van der Waals surface area contributed by atoms with E-state index in [1.807, 2.05) is 30.5 Å². The van der Waals surface area contributed by atoms with Crippen molar-refractivity contribution in [3.63, 3.8) is 0 Å². The molecule has 0 unspecified atom stereocenters. The van der Waals surface area contributed by atoms with Crippen LogP contribution in [0.15, 0.2) is 70.0 Å². The molecule has 4 aromatic rings. The molecule has 3 nitrogen and oxygen atoms in total. The highest BCUT2D eigenvalue weighted by molar-refractivity contribution is 9.10. The molecule has 25 heavy (non-hydrogen) atoms. The maximum Gasteiger partial charge on any atom is 0.121 e. The molecule has 0 saturated heterocycles. The SMILES string of the molecule is COc1cc(Nc2ccnc3ccc(Br)cc23)cc(-c2ccsc2)c1. The van der Waals surface area contributed by atoms with Crippen LogP contribution in [0.5, 0.6) is 5.75 Å². The van der Waals surface area contributed by atoms with Crippen molar-refractivity contribution in [2.75, 3.05) is 12.4 Å². The van der Waals surface area contributed by atoms with Gasteiger partial charge in [-0.15, -0.1) is 0 Å². The third-order valence-electron chi connectivity index (χ3n) is 3.98. The second-order valence-corrected chi connectivity index (χ2v) is 7.30. The number of anilines is 2. The van der Waals surface area contributed by atoms with Gasteiger partial charge in [-0.25, -0.2) is 0 Å². The first-order chi connectivity index (χ1) is 12.2. The summed E-state index contributed by atoms with van der Waals surface area (Å²) >= 11 is 5.22. The zero-order chi connectivity index (χ0) is 17.2. The zero-order valence-electron chi connectivity index (χ0n) is 13.5. The number of nitrogens with one attached hydrogen (secondary N) is 1. The Morgan fingerprint density at radius 2 is 1.96 bits per heavy atom. The average Bonchev–Trinajstić information content (AvgIpc) is 3.17. The van der Waals surface area contributed by atoms with E-state index >= 15 is 0 Å². The Morgan fingerprint density at radius 1 is 1.04 bits per heavy atom. The van der Waals surface area contributed by atoms with Crippen LogP contribution >= 0.6 is 27.3 Å². The van der Waals surface area contributed by atoms with E-state index < -0.39 is 0 Å². The number of benzene rings is 2. The van der Waals surface area contributed by atoms with Crippen LogP contribution in [-0.2, 0) is 0 Å². The van der Waals surface area contributed by atoms with Gasteiger partial charge in [-0.2, -0.15) is 11.3 Å². The first kappa shape index (κ1) is 16.1. The summed E-state index contributed by atoms with van der Waals surface area (Å²) in [6, 6.07) is 16.4. The van der Waals surface area contributed by atoms with Gasteiger partial charge in [-0.1, -0.05) is 15.9 Å². The number of thiophene rings is 1. The second kappa shape index (κ2) is 6.86. The van der Waals surface area contributed by atoms with Gasteiger partial charge >= 0.3 is 0 Å². The van der Waals surface area contributed by atoms with E-state index in [4.69, 9.17) is 4.74 Å². The van der Waals surface area contributed by atoms with Crippen LogP contribution in [-0.4, -0.2) is 12.1 Å². The molecule has 0 aliphatic carbocycles. The van der Waals surface area contributed by atoms with Gasteiger partial charge in [0.05, 0.1) is 12.6 Å². The monoisotopic (exact) mass is 410 g/mol. The third-order valence-corrected chi connectivity index (χ3v) is 5.16. The quantitative estimate of drug-likeness (QED) is 0.418. The number of hydrogen-bond donors (Lipinski definition) is 1. The minimum Gasteiger partial charge on any atom is -0.497 e. The minimum atomic E-state index is 0.825. The first-order valence-corrected chi connectivity index (χ1v) is 9.49. The molecule has 4 rings (SSSR count).